The molecule has 1 atom stereocenters. The molecule has 193 valence electrons. The van der Waals surface area contributed by atoms with Gasteiger partial charge in [0.1, 0.15) is 11.5 Å². The number of carbonyl (C=O) groups excluding carboxylic acids is 1. The van der Waals surface area contributed by atoms with E-state index in [0.717, 1.165) is 39.3 Å². The monoisotopic (exact) mass is 582 g/mol. The number of hydrogen-bond donors (Lipinski definition) is 1. The molecular weight excluding hydrogens is 549 g/mol. The van der Waals surface area contributed by atoms with Crippen molar-refractivity contribution in [3.05, 3.63) is 120 Å². The molecular formula is C32H33N2O3Y-. The molecule has 6 heteroatoms. The van der Waals surface area contributed by atoms with E-state index in [-0.39, 0.29) is 46.1 Å². The van der Waals surface area contributed by atoms with Crippen LogP contribution in [0.1, 0.15) is 46.5 Å². The number of nitrogens with one attached hydrogen (secondary N) is 1. The molecule has 0 aromatic heterocycles. The summed E-state index contributed by atoms with van der Waals surface area (Å²) in [6.45, 7) is 6.04. The molecule has 0 bridgehead atoms. The summed E-state index contributed by atoms with van der Waals surface area (Å²) >= 11 is 0. The molecule has 4 aromatic rings. The number of hydrogen-bond acceptors (Lipinski definition) is 5. The first kappa shape index (κ1) is 29.4. The normalized spacial score (nSPS) is 15.7. The Kier molecular flexibility index (Phi) is 9.07. The molecule has 38 heavy (non-hydrogen) atoms. The largest absolute Gasteiger partial charge is 0.456 e. The van der Waals surface area contributed by atoms with Crippen molar-refractivity contribution in [1.29, 1.82) is 0 Å². The number of nitrogens with zero attached hydrogens (tertiary/aromatic N) is 1. The third-order valence-electron chi connectivity index (χ3n) is 6.61. The minimum Gasteiger partial charge on any atom is -0.456 e. The Hall–Kier alpha value is -3.15. The van der Waals surface area contributed by atoms with Crippen LogP contribution in [-0.4, -0.2) is 20.1 Å². The minimum atomic E-state index is -1.08. The van der Waals surface area contributed by atoms with Gasteiger partial charge < -0.3 is 27.1 Å². The average molecular weight is 583 g/mol. The number of aryl methyl sites for hydroxylation is 1. The molecule has 0 saturated heterocycles. The smallest absolute Gasteiger partial charge is 0.340 e. The van der Waals surface area contributed by atoms with Crippen LogP contribution in [-0.2, 0) is 43.0 Å². The van der Waals surface area contributed by atoms with Crippen LogP contribution in [0.15, 0.2) is 84.9 Å². The fourth-order valence-electron chi connectivity index (χ4n) is 4.90. The number of rotatable bonds is 3. The van der Waals surface area contributed by atoms with Crippen molar-refractivity contribution in [2.24, 2.45) is 0 Å². The third kappa shape index (κ3) is 4.74. The number of carbonyl (C=O) groups is 1. The van der Waals surface area contributed by atoms with Crippen LogP contribution in [0.2, 0.25) is 0 Å². The number of esters is 1. The summed E-state index contributed by atoms with van der Waals surface area (Å²) < 4.78 is 12.7. The number of fused-ring (bicyclic) bond motifs is 6. The summed E-state index contributed by atoms with van der Waals surface area (Å²) in [4.78, 5) is 15.1. The Labute approximate surface area is 251 Å². The zero-order valence-electron chi connectivity index (χ0n) is 22.8. The van der Waals surface area contributed by atoms with Crippen LogP contribution in [0, 0.1) is 14.4 Å². The minimum absolute atomic E-state index is 0. The third-order valence-corrected chi connectivity index (χ3v) is 6.61. The Morgan fingerprint density at radius 1 is 0.789 bits per heavy atom. The van der Waals surface area contributed by atoms with Crippen LogP contribution in [0.25, 0.3) is 0 Å². The summed E-state index contributed by atoms with van der Waals surface area (Å²) in [6, 6.07) is 27.7. The summed E-state index contributed by atoms with van der Waals surface area (Å²) in [5.41, 5.74) is 5.91. The Bertz CT molecular complexity index is 1450. The van der Waals surface area contributed by atoms with E-state index in [0.29, 0.717) is 17.1 Å². The molecule has 0 aliphatic carbocycles. The summed E-state index contributed by atoms with van der Waals surface area (Å²) in [5, 5.41) is 3.51. The van der Waals surface area contributed by atoms with Gasteiger partial charge in [0.15, 0.2) is 5.60 Å². The summed E-state index contributed by atoms with van der Waals surface area (Å²) in [5.74, 6) is 1.04. The van der Waals surface area contributed by atoms with Crippen LogP contribution in [0.4, 0.5) is 17.1 Å². The first-order valence-corrected chi connectivity index (χ1v) is 12.3. The number of para-hydroxylation sites is 1. The van der Waals surface area contributed by atoms with E-state index in [1.807, 2.05) is 119 Å². The van der Waals surface area contributed by atoms with E-state index >= 15 is 0 Å². The zero-order chi connectivity index (χ0) is 25.4. The van der Waals surface area contributed by atoms with Gasteiger partial charge in [-0.3, -0.25) is 0 Å². The van der Waals surface area contributed by atoms with Crippen molar-refractivity contribution < 1.29 is 47.0 Å². The fourth-order valence-corrected chi connectivity index (χ4v) is 4.90. The van der Waals surface area contributed by atoms with Crippen molar-refractivity contribution in [3.63, 3.8) is 0 Å². The SMILES string of the molecule is CC.Cc1cc2c(cc1Nc1ccccc1)C1(OC(=O)c3ccccc31)c1ccc(N(C)C)cc1O2.[CH3-].[Y]. The second-order valence-corrected chi connectivity index (χ2v) is 8.95. The van der Waals surface area contributed by atoms with Crippen molar-refractivity contribution in [3.8, 4) is 11.5 Å². The van der Waals surface area contributed by atoms with E-state index in [9.17, 15) is 4.79 Å². The van der Waals surface area contributed by atoms with Gasteiger partial charge in [-0.15, -0.1) is 0 Å². The molecule has 1 N–H and O–H groups in total. The first-order valence-electron chi connectivity index (χ1n) is 12.3. The van der Waals surface area contributed by atoms with Crippen LogP contribution in [0.5, 0.6) is 11.5 Å². The van der Waals surface area contributed by atoms with Gasteiger partial charge in [0.2, 0.25) is 0 Å². The van der Waals surface area contributed by atoms with Gasteiger partial charge in [0.05, 0.1) is 5.56 Å². The maximum atomic E-state index is 13.1. The molecule has 1 unspecified atom stereocenters. The van der Waals surface area contributed by atoms with Gasteiger partial charge in [0.25, 0.3) is 0 Å². The number of anilines is 3. The second-order valence-electron chi connectivity index (χ2n) is 8.95. The molecule has 5 nitrogen and oxygen atoms in total. The van der Waals surface area contributed by atoms with E-state index in [2.05, 4.69) is 11.4 Å². The van der Waals surface area contributed by atoms with E-state index in [1.165, 1.54) is 0 Å². The molecule has 0 fully saturated rings. The van der Waals surface area contributed by atoms with Crippen molar-refractivity contribution in [2.45, 2.75) is 26.4 Å². The van der Waals surface area contributed by atoms with Crippen LogP contribution < -0.4 is 15.0 Å². The molecule has 0 saturated carbocycles. The summed E-state index contributed by atoms with van der Waals surface area (Å²) in [7, 11) is 3.98. The quantitative estimate of drug-likeness (QED) is 0.197. The Morgan fingerprint density at radius 3 is 2.16 bits per heavy atom. The van der Waals surface area contributed by atoms with E-state index < -0.39 is 5.60 Å². The van der Waals surface area contributed by atoms with Gasteiger partial charge in [-0.2, -0.15) is 0 Å². The topological polar surface area (TPSA) is 50.8 Å². The number of benzene rings is 4. The maximum absolute atomic E-state index is 13.1. The predicted octanol–water partition coefficient (Wildman–Crippen LogP) is 7.85. The van der Waals surface area contributed by atoms with Gasteiger partial charge in [0, 0.05) is 86.6 Å². The number of ether oxygens (including phenoxy) is 2. The Morgan fingerprint density at radius 2 is 1.45 bits per heavy atom. The van der Waals surface area contributed by atoms with Crippen LogP contribution in [0.3, 0.4) is 0 Å². The van der Waals surface area contributed by atoms with Gasteiger partial charge in [-0.05, 0) is 55.0 Å². The molecule has 1 radical (unpaired) electrons. The molecule has 6 rings (SSSR count). The molecule has 2 heterocycles. The van der Waals surface area contributed by atoms with Crippen molar-refractivity contribution in [1.82, 2.24) is 0 Å². The van der Waals surface area contributed by atoms with Crippen LogP contribution >= 0.6 is 0 Å². The second kappa shape index (κ2) is 11.7. The van der Waals surface area contributed by atoms with Crippen molar-refractivity contribution >= 4 is 23.0 Å². The van der Waals surface area contributed by atoms with Gasteiger partial charge in [-0.1, -0.05) is 50.2 Å². The first-order chi connectivity index (χ1) is 17.5. The van der Waals surface area contributed by atoms with E-state index in [1.54, 1.807) is 0 Å². The molecule has 2 aliphatic rings. The maximum Gasteiger partial charge on any atom is 0.340 e. The van der Waals surface area contributed by atoms with Gasteiger partial charge in [-0.25, -0.2) is 4.79 Å². The molecule has 0 amide bonds. The zero-order valence-corrected chi connectivity index (χ0v) is 25.7. The molecule has 2 aliphatic heterocycles. The average Bonchev–Trinajstić information content (AvgIpc) is 3.19. The van der Waals surface area contributed by atoms with E-state index in [4.69, 9.17) is 9.47 Å². The van der Waals surface area contributed by atoms with Gasteiger partial charge >= 0.3 is 5.97 Å². The predicted molar refractivity (Wildman–Crippen MR) is 151 cm³/mol. The molecule has 4 aromatic carbocycles. The van der Waals surface area contributed by atoms with Crippen molar-refractivity contribution in [2.75, 3.05) is 24.3 Å². The standard InChI is InChI=1S/C29H24N2O3.C2H6.CH3.Y/c1-18-15-26-24(17-25(18)30-19-9-5-4-6-10-19)29(22-12-8-7-11-21(22)28(32)34-29)23-14-13-20(31(2)3)16-27(23)33-26;1-2;;/h4-17,30H,1-3H3;1-2H3;1H3;/q;;-1;. The summed E-state index contributed by atoms with van der Waals surface area (Å²) in [6.07, 6.45) is 0. The molecule has 1 spiro atoms. The fraction of sp³-hybridized carbons (Fsp3) is 0.188. The Balaban J connectivity index is 0.000000978.